The number of methoxy groups -OCH3 is 1. The van der Waals surface area contributed by atoms with Gasteiger partial charge in [0.2, 0.25) is 5.91 Å². The number of halogens is 1. The van der Waals surface area contributed by atoms with Gasteiger partial charge in [0.25, 0.3) is 0 Å². The summed E-state index contributed by atoms with van der Waals surface area (Å²) in [6.07, 6.45) is 0.574. The smallest absolute Gasteiger partial charge is 0.408 e. The third-order valence-corrected chi connectivity index (χ3v) is 10.1. The highest BCUT2D eigenvalue weighted by molar-refractivity contribution is 7.92. The Labute approximate surface area is 291 Å². The van der Waals surface area contributed by atoms with Gasteiger partial charge in [0.15, 0.2) is 9.84 Å². The summed E-state index contributed by atoms with van der Waals surface area (Å²) >= 11 is 0. The molecule has 48 heavy (non-hydrogen) atoms. The summed E-state index contributed by atoms with van der Waals surface area (Å²) in [6, 6.07) is 23.7. The highest BCUT2D eigenvalue weighted by Gasteiger charge is 2.34. The summed E-state index contributed by atoms with van der Waals surface area (Å²) in [4.78, 5) is 26.7. The Kier molecular flexibility index (Phi) is 18.0. The second-order valence-electron chi connectivity index (χ2n) is 11.6. The molecule has 3 atom stereocenters. The normalized spacial score (nSPS) is 13.1. The van der Waals surface area contributed by atoms with E-state index in [2.05, 4.69) is 16.0 Å². The Balaban J connectivity index is 0.00000800. The van der Waals surface area contributed by atoms with Crippen molar-refractivity contribution in [3.05, 3.63) is 102 Å². The third-order valence-electron chi connectivity index (χ3n) is 7.86. The molecular formula is C36H50ClN3O7S. The van der Waals surface area contributed by atoms with Crippen LogP contribution in [0.2, 0.25) is 0 Å². The minimum Gasteiger partial charge on any atom is -0.497 e. The number of aliphatic hydroxyl groups is 1. The fraction of sp³-hybridized carbons (Fsp3) is 0.444. The van der Waals surface area contributed by atoms with Gasteiger partial charge in [-0.25, -0.2) is 13.2 Å². The molecule has 3 aromatic carbocycles. The van der Waals surface area contributed by atoms with Gasteiger partial charge in [-0.3, -0.25) is 4.79 Å². The molecule has 264 valence electrons. The number of hydrogen-bond acceptors (Lipinski definition) is 8. The fourth-order valence-electron chi connectivity index (χ4n) is 5.33. The molecule has 0 aliphatic carbocycles. The quantitative estimate of drug-likeness (QED) is 0.129. The van der Waals surface area contributed by atoms with E-state index in [4.69, 9.17) is 9.47 Å². The predicted octanol–water partition coefficient (Wildman–Crippen LogP) is 4.97. The van der Waals surface area contributed by atoms with Gasteiger partial charge in [0.1, 0.15) is 18.4 Å². The molecule has 2 amide bonds. The maximum atomic E-state index is 13.8. The van der Waals surface area contributed by atoms with Gasteiger partial charge in [0.05, 0.1) is 30.3 Å². The molecule has 3 rings (SSSR count). The second kappa shape index (κ2) is 21.4. The average Bonchev–Trinajstić information content (AvgIpc) is 3.07. The van der Waals surface area contributed by atoms with Gasteiger partial charge in [0, 0.05) is 13.1 Å². The first-order valence-corrected chi connectivity index (χ1v) is 17.9. The van der Waals surface area contributed by atoms with Gasteiger partial charge >= 0.3 is 6.09 Å². The van der Waals surface area contributed by atoms with Gasteiger partial charge < -0.3 is 30.5 Å². The SMILES string of the molecule is CCCC(CCC)S(=O)(=O)CC(NC(=O)OCc1ccccc1)C(=O)N[C@@H](Cc1ccccc1)[C@H](O)CNCc1cccc(OC)c1.Cl. The van der Waals surface area contributed by atoms with Crippen molar-refractivity contribution in [2.45, 2.75) is 82.5 Å². The molecular weight excluding hydrogens is 654 g/mol. The average molecular weight is 704 g/mol. The van der Waals surface area contributed by atoms with Crippen LogP contribution < -0.4 is 20.7 Å². The monoisotopic (exact) mass is 703 g/mol. The van der Waals surface area contributed by atoms with E-state index in [1.54, 1.807) is 19.2 Å². The molecule has 0 spiro atoms. The van der Waals surface area contributed by atoms with E-state index in [9.17, 15) is 23.1 Å². The van der Waals surface area contributed by atoms with Crippen molar-refractivity contribution in [2.75, 3.05) is 19.4 Å². The van der Waals surface area contributed by atoms with Crippen molar-refractivity contribution in [3.63, 3.8) is 0 Å². The van der Waals surface area contributed by atoms with E-state index < -0.39 is 51.0 Å². The van der Waals surface area contributed by atoms with E-state index in [-0.39, 0.29) is 32.0 Å². The molecule has 0 heterocycles. The van der Waals surface area contributed by atoms with Crippen LogP contribution in [0.5, 0.6) is 5.75 Å². The number of ether oxygens (including phenoxy) is 2. The first-order valence-electron chi connectivity index (χ1n) is 16.2. The number of rotatable bonds is 20. The zero-order chi connectivity index (χ0) is 34.1. The molecule has 0 aliphatic rings. The summed E-state index contributed by atoms with van der Waals surface area (Å²) in [5.74, 6) is -0.591. The van der Waals surface area contributed by atoms with Crippen molar-refractivity contribution >= 4 is 34.2 Å². The molecule has 0 aliphatic heterocycles. The standard InChI is InChI=1S/C36H49N3O7S.ClH/c1-4-13-31(14-5-2)47(43,44)26-33(39-36(42)46-25-28-17-10-7-11-18-28)35(41)38-32(22-27-15-8-6-9-16-27)34(40)24-37-23-29-19-12-20-30(21-29)45-3;/h6-12,15-21,31-34,37,40H,4-5,13-14,22-26H2,1-3H3,(H,38,41)(H,39,42);1H/t32-,33?,34+;/m0./s1. The Morgan fingerprint density at radius 3 is 2.04 bits per heavy atom. The van der Waals surface area contributed by atoms with Crippen molar-refractivity contribution in [2.24, 2.45) is 0 Å². The van der Waals surface area contributed by atoms with Crippen molar-refractivity contribution in [3.8, 4) is 5.75 Å². The Hall–Kier alpha value is -3.64. The molecule has 1 unspecified atom stereocenters. The number of nitrogens with one attached hydrogen (secondary N) is 3. The fourth-order valence-corrected chi connectivity index (χ4v) is 7.49. The summed E-state index contributed by atoms with van der Waals surface area (Å²) < 4.78 is 37.8. The zero-order valence-electron chi connectivity index (χ0n) is 28.0. The molecule has 0 saturated carbocycles. The number of sulfone groups is 1. The van der Waals surface area contributed by atoms with Gasteiger partial charge in [-0.05, 0) is 48.1 Å². The van der Waals surface area contributed by atoms with E-state index in [1.807, 2.05) is 86.6 Å². The Morgan fingerprint density at radius 1 is 0.833 bits per heavy atom. The number of carbonyl (C=O) groups excluding carboxylic acids is 2. The number of benzene rings is 3. The summed E-state index contributed by atoms with van der Waals surface area (Å²) in [5, 5.41) is 19.2. The Morgan fingerprint density at radius 2 is 1.44 bits per heavy atom. The topological polar surface area (TPSA) is 143 Å². The van der Waals surface area contributed by atoms with Crippen LogP contribution in [0, 0.1) is 0 Å². The molecule has 12 heteroatoms. The van der Waals surface area contributed by atoms with Crippen LogP contribution in [0.15, 0.2) is 84.9 Å². The highest BCUT2D eigenvalue weighted by atomic mass is 35.5. The van der Waals surface area contributed by atoms with Crippen molar-refractivity contribution in [1.82, 2.24) is 16.0 Å². The lowest BCUT2D eigenvalue weighted by molar-refractivity contribution is -0.124. The number of hydrogen-bond donors (Lipinski definition) is 4. The maximum Gasteiger partial charge on any atom is 0.408 e. The molecule has 0 radical (unpaired) electrons. The molecule has 0 saturated heterocycles. The summed E-state index contributed by atoms with van der Waals surface area (Å²) in [6.45, 7) is 4.38. The molecule has 10 nitrogen and oxygen atoms in total. The van der Waals surface area contributed by atoms with Gasteiger partial charge in [-0.15, -0.1) is 12.4 Å². The lowest BCUT2D eigenvalue weighted by Crippen LogP contribution is -2.57. The van der Waals surface area contributed by atoms with Crippen molar-refractivity contribution < 1.29 is 32.6 Å². The molecule has 0 fully saturated rings. The number of aliphatic hydroxyl groups excluding tert-OH is 1. The van der Waals surface area contributed by atoms with Crippen LogP contribution >= 0.6 is 12.4 Å². The number of amides is 2. The molecule has 4 N–H and O–H groups in total. The van der Waals surface area contributed by atoms with E-state index >= 15 is 0 Å². The summed E-state index contributed by atoms with van der Waals surface area (Å²) in [7, 11) is -2.19. The molecule has 3 aromatic rings. The van der Waals surface area contributed by atoms with Crippen LogP contribution in [0.4, 0.5) is 4.79 Å². The van der Waals surface area contributed by atoms with Crippen LogP contribution in [-0.2, 0) is 38.9 Å². The van der Waals surface area contributed by atoms with Crippen LogP contribution in [0.3, 0.4) is 0 Å². The minimum absolute atomic E-state index is 0. The largest absolute Gasteiger partial charge is 0.497 e. The predicted molar refractivity (Wildman–Crippen MR) is 191 cm³/mol. The second-order valence-corrected chi connectivity index (χ2v) is 14.0. The van der Waals surface area contributed by atoms with E-state index in [0.29, 0.717) is 32.2 Å². The number of carbonyl (C=O) groups is 2. The maximum absolute atomic E-state index is 13.8. The molecule has 0 bridgehead atoms. The van der Waals surface area contributed by atoms with Gasteiger partial charge in [-0.2, -0.15) is 0 Å². The first kappa shape index (κ1) is 40.5. The van der Waals surface area contributed by atoms with Crippen LogP contribution in [0.25, 0.3) is 0 Å². The summed E-state index contributed by atoms with van der Waals surface area (Å²) in [5.41, 5.74) is 2.57. The van der Waals surface area contributed by atoms with Gasteiger partial charge in [-0.1, -0.05) is 99.5 Å². The molecule has 0 aromatic heterocycles. The van der Waals surface area contributed by atoms with Crippen LogP contribution in [0.1, 0.15) is 56.2 Å². The lowest BCUT2D eigenvalue weighted by Gasteiger charge is -2.28. The van der Waals surface area contributed by atoms with E-state index in [0.717, 1.165) is 22.4 Å². The van der Waals surface area contributed by atoms with Crippen molar-refractivity contribution in [1.29, 1.82) is 0 Å². The third kappa shape index (κ3) is 13.8. The Bertz CT molecular complexity index is 1470. The first-order chi connectivity index (χ1) is 22.6. The number of alkyl carbamates (subject to hydrolysis) is 1. The lowest BCUT2D eigenvalue weighted by atomic mass is 10.0. The van der Waals surface area contributed by atoms with E-state index in [1.165, 1.54) is 0 Å². The zero-order valence-corrected chi connectivity index (χ0v) is 29.6. The minimum atomic E-state index is -3.79. The highest BCUT2D eigenvalue weighted by Crippen LogP contribution is 2.18. The van der Waals surface area contributed by atoms with Crippen LogP contribution in [-0.4, -0.2) is 68.4 Å².